The molecule has 2 heterocycles. The van der Waals surface area contributed by atoms with Crippen LogP contribution in [0.3, 0.4) is 0 Å². The minimum absolute atomic E-state index is 0.0899. The van der Waals surface area contributed by atoms with Crippen molar-refractivity contribution >= 4 is 40.6 Å². The number of anilines is 2. The van der Waals surface area contributed by atoms with Gasteiger partial charge in [-0.05, 0) is 37.4 Å². The summed E-state index contributed by atoms with van der Waals surface area (Å²) in [6, 6.07) is 8.50. The van der Waals surface area contributed by atoms with Crippen molar-refractivity contribution in [2.45, 2.75) is 0 Å². The van der Waals surface area contributed by atoms with E-state index in [0.29, 0.717) is 40.3 Å². The largest absolute Gasteiger partial charge is 0.339 e. The molecule has 1 N–H and O–H groups in total. The molecule has 0 bridgehead atoms. The van der Waals surface area contributed by atoms with Gasteiger partial charge in [0.1, 0.15) is 0 Å². The molecule has 1 aromatic carbocycles. The molecule has 0 unspecified atom stereocenters. The fraction of sp³-hybridized carbons (Fsp3) is 0.312. The third-order valence-corrected chi connectivity index (χ3v) is 4.25. The number of hydrogen-bond donors (Lipinski definition) is 1. The Morgan fingerprint density at radius 3 is 2.29 bits per heavy atom. The number of piperazine rings is 1. The standard InChI is InChI=1S/C16H17Cl2N5O/c1-22-4-6-23(7-5-22)16(24)14-2-3-15(21-20-14)19-13-9-11(17)8-12(18)10-13/h2-3,8-10H,4-7H2,1H3,(H,19,21). The van der Waals surface area contributed by atoms with Crippen molar-refractivity contribution in [1.82, 2.24) is 20.0 Å². The molecule has 1 aliphatic heterocycles. The van der Waals surface area contributed by atoms with Crippen molar-refractivity contribution in [2.24, 2.45) is 0 Å². The zero-order chi connectivity index (χ0) is 17.1. The number of aromatic nitrogens is 2. The van der Waals surface area contributed by atoms with Gasteiger partial charge in [-0.15, -0.1) is 10.2 Å². The first-order valence-corrected chi connectivity index (χ1v) is 8.31. The summed E-state index contributed by atoms with van der Waals surface area (Å²) in [5, 5.41) is 12.2. The van der Waals surface area contributed by atoms with E-state index in [4.69, 9.17) is 23.2 Å². The number of carbonyl (C=O) groups is 1. The predicted octanol–water partition coefficient (Wildman–Crippen LogP) is 2.91. The first kappa shape index (κ1) is 17.0. The van der Waals surface area contributed by atoms with Gasteiger partial charge >= 0.3 is 0 Å². The van der Waals surface area contributed by atoms with E-state index in [1.807, 2.05) is 7.05 Å². The second-order valence-electron chi connectivity index (χ2n) is 5.68. The Kier molecular flexibility index (Phi) is 5.18. The molecule has 1 aromatic heterocycles. The van der Waals surface area contributed by atoms with E-state index < -0.39 is 0 Å². The van der Waals surface area contributed by atoms with Crippen molar-refractivity contribution in [3.8, 4) is 0 Å². The molecule has 6 nitrogen and oxygen atoms in total. The molecule has 1 fully saturated rings. The molecular weight excluding hydrogens is 349 g/mol. The topological polar surface area (TPSA) is 61.4 Å². The van der Waals surface area contributed by atoms with Crippen LogP contribution < -0.4 is 5.32 Å². The summed E-state index contributed by atoms with van der Waals surface area (Å²) in [7, 11) is 2.05. The molecule has 126 valence electrons. The maximum Gasteiger partial charge on any atom is 0.274 e. The van der Waals surface area contributed by atoms with Crippen LogP contribution in [0.4, 0.5) is 11.5 Å². The summed E-state index contributed by atoms with van der Waals surface area (Å²) in [5.74, 6) is 0.427. The Bertz CT molecular complexity index is 709. The first-order chi connectivity index (χ1) is 11.5. The lowest BCUT2D eigenvalue weighted by atomic mass is 10.2. The summed E-state index contributed by atoms with van der Waals surface area (Å²) < 4.78 is 0. The molecule has 0 atom stereocenters. The van der Waals surface area contributed by atoms with Gasteiger partial charge in [0.2, 0.25) is 0 Å². The van der Waals surface area contributed by atoms with Gasteiger partial charge < -0.3 is 15.1 Å². The molecule has 3 rings (SSSR count). The second kappa shape index (κ2) is 7.34. The number of rotatable bonds is 3. The number of carbonyl (C=O) groups excluding carboxylic acids is 1. The van der Waals surface area contributed by atoms with E-state index in [9.17, 15) is 4.79 Å². The number of hydrogen-bond acceptors (Lipinski definition) is 5. The first-order valence-electron chi connectivity index (χ1n) is 7.56. The Morgan fingerprint density at radius 2 is 1.71 bits per heavy atom. The van der Waals surface area contributed by atoms with Crippen LogP contribution in [0.5, 0.6) is 0 Å². The van der Waals surface area contributed by atoms with Crippen LogP contribution in [0.1, 0.15) is 10.5 Å². The number of nitrogens with one attached hydrogen (secondary N) is 1. The zero-order valence-corrected chi connectivity index (χ0v) is 14.7. The third kappa shape index (κ3) is 4.14. The average Bonchev–Trinajstić information content (AvgIpc) is 2.55. The Balaban J connectivity index is 1.67. The zero-order valence-electron chi connectivity index (χ0n) is 13.2. The minimum Gasteiger partial charge on any atom is -0.339 e. The molecule has 0 spiro atoms. The molecule has 0 radical (unpaired) electrons. The molecule has 0 saturated carbocycles. The van der Waals surface area contributed by atoms with Crippen molar-refractivity contribution < 1.29 is 4.79 Å². The van der Waals surface area contributed by atoms with E-state index in [2.05, 4.69) is 20.4 Å². The summed E-state index contributed by atoms with van der Waals surface area (Å²) in [6.45, 7) is 3.15. The van der Waals surface area contributed by atoms with E-state index in [1.165, 1.54) is 0 Å². The molecule has 1 amide bonds. The highest BCUT2D eigenvalue weighted by atomic mass is 35.5. The lowest BCUT2D eigenvalue weighted by molar-refractivity contribution is 0.0657. The van der Waals surface area contributed by atoms with Gasteiger partial charge in [0, 0.05) is 41.9 Å². The van der Waals surface area contributed by atoms with Crippen LogP contribution in [0.2, 0.25) is 10.0 Å². The van der Waals surface area contributed by atoms with Gasteiger partial charge in [0.25, 0.3) is 5.91 Å². The molecule has 1 aliphatic rings. The lowest BCUT2D eigenvalue weighted by Crippen LogP contribution is -2.47. The van der Waals surface area contributed by atoms with Crippen LogP contribution in [-0.4, -0.2) is 59.1 Å². The normalized spacial score (nSPS) is 15.4. The smallest absolute Gasteiger partial charge is 0.274 e. The second-order valence-corrected chi connectivity index (χ2v) is 6.56. The Morgan fingerprint density at radius 1 is 1.04 bits per heavy atom. The van der Waals surface area contributed by atoms with Crippen LogP contribution in [-0.2, 0) is 0 Å². The maximum absolute atomic E-state index is 12.4. The highest BCUT2D eigenvalue weighted by Crippen LogP contribution is 2.24. The number of benzene rings is 1. The van der Waals surface area contributed by atoms with E-state index in [-0.39, 0.29) is 5.91 Å². The van der Waals surface area contributed by atoms with E-state index in [0.717, 1.165) is 13.1 Å². The predicted molar refractivity (Wildman–Crippen MR) is 95.2 cm³/mol. The van der Waals surface area contributed by atoms with Gasteiger partial charge in [-0.3, -0.25) is 4.79 Å². The van der Waals surface area contributed by atoms with Gasteiger partial charge in [-0.25, -0.2) is 0 Å². The summed E-state index contributed by atoms with van der Waals surface area (Å²) in [6.07, 6.45) is 0. The highest BCUT2D eigenvalue weighted by Gasteiger charge is 2.21. The van der Waals surface area contributed by atoms with Gasteiger partial charge in [-0.2, -0.15) is 0 Å². The number of amides is 1. The molecule has 1 saturated heterocycles. The number of halogens is 2. The lowest BCUT2D eigenvalue weighted by Gasteiger charge is -2.32. The fourth-order valence-electron chi connectivity index (χ4n) is 2.46. The van der Waals surface area contributed by atoms with Crippen LogP contribution in [0, 0.1) is 0 Å². The van der Waals surface area contributed by atoms with Gasteiger partial charge in [-0.1, -0.05) is 23.2 Å². The van der Waals surface area contributed by atoms with Crippen molar-refractivity contribution in [2.75, 3.05) is 38.5 Å². The molecule has 2 aromatic rings. The minimum atomic E-state index is -0.0899. The van der Waals surface area contributed by atoms with Crippen molar-refractivity contribution in [3.05, 3.63) is 46.1 Å². The summed E-state index contributed by atoms with van der Waals surface area (Å²) in [4.78, 5) is 16.4. The average molecular weight is 366 g/mol. The van der Waals surface area contributed by atoms with Gasteiger partial charge in [0.15, 0.2) is 11.5 Å². The van der Waals surface area contributed by atoms with Crippen LogP contribution >= 0.6 is 23.2 Å². The maximum atomic E-state index is 12.4. The Hall–Kier alpha value is -1.89. The number of likely N-dealkylation sites (N-methyl/N-ethyl adjacent to an activating group) is 1. The van der Waals surface area contributed by atoms with Crippen molar-refractivity contribution in [3.63, 3.8) is 0 Å². The highest BCUT2D eigenvalue weighted by molar-refractivity contribution is 6.35. The van der Waals surface area contributed by atoms with Crippen LogP contribution in [0.25, 0.3) is 0 Å². The molecule has 24 heavy (non-hydrogen) atoms. The molecule has 0 aliphatic carbocycles. The van der Waals surface area contributed by atoms with E-state index in [1.54, 1.807) is 35.2 Å². The summed E-state index contributed by atoms with van der Waals surface area (Å²) in [5.41, 5.74) is 1.05. The SMILES string of the molecule is CN1CCN(C(=O)c2ccc(Nc3cc(Cl)cc(Cl)c3)nn2)CC1. The van der Waals surface area contributed by atoms with Gasteiger partial charge in [0.05, 0.1) is 0 Å². The van der Waals surface area contributed by atoms with Crippen LogP contribution in [0.15, 0.2) is 30.3 Å². The summed E-state index contributed by atoms with van der Waals surface area (Å²) >= 11 is 11.9. The quantitative estimate of drug-likeness (QED) is 0.905. The molecular formula is C16H17Cl2N5O. The van der Waals surface area contributed by atoms with Crippen molar-refractivity contribution in [1.29, 1.82) is 0 Å². The number of nitrogens with zero attached hydrogens (tertiary/aromatic N) is 4. The molecule has 8 heteroatoms. The monoisotopic (exact) mass is 365 g/mol. The third-order valence-electron chi connectivity index (χ3n) is 3.81. The Labute approximate surface area is 150 Å². The van der Waals surface area contributed by atoms with E-state index >= 15 is 0 Å². The fourth-order valence-corrected chi connectivity index (χ4v) is 2.98.